The van der Waals surface area contributed by atoms with E-state index in [1.165, 1.54) is 6.08 Å². The molecular weight excluding hydrogens is 300 g/mol. The van der Waals surface area contributed by atoms with Crippen LogP contribution in [0.1, 0.15) is 18.4 Å². The van der Waals surface area contributed by atoms with Crippen LogP contribution in [-0.4, -0.2) is 50.7 Å². The van der Waals surface area contributed by atoms with Crippen LogP contribution in [0.3, 0.4) is 0 Å². The van der Waals surface area contributed by atoms with Gasteiger partial charge in [-0.05, 0) is 31.1 Å². The molecular formula is C17H22O6. The Morgan fingerprint density at radius 3 is 2.96 bits per heavy atom. The number of rotatable bonds is 9. The summed E-state index contributed by atoms with van der Waals surface area (Å²) in [5.41, 5.74) is 0.685. The summed E-state index contributed by atoms with van der Waals surface area (Å²) in [5, 5.41) is 8.78. The summed E-state index contributed by atoms with van der Waals surface area (Å²) in [7, 11) is 1.61. The Kier molecular flexibility index (Phi) is 6.90. The van der Waals surface area contributed by atoms with E-state index in [0.717, 1.165) is 25.5 Å². The third kappa shape index (κ3) is 5.92. The Labute approximate surface area is 135 Å². The van der Waals surface area contributed by atoms with Gasteiger partial charge in [-0.1, -0.05) is 0 Å². The zero-order valence-electron chi connectivity index (χ0n) is 13.2. The van der Waals surface area contributed by atoms with Gasteiger partial charge in [0.1, 0.15) is 24.7 Å². The van der Waals surface area contributed by atoms with Crippen LogP contribution in [-0.2, 0) is 14.3 Å². The van der Waals surface area contributed by atoms with Crippen LogP contribution in [0.2, 0.25) is 0 Å². The lowest BCUT2D eigenvalue weighted by atomic mass is 10.1. The van der Waals surface area contributed by atoms with E-state index in [2.05, 4.69) is 0 Å². The molecule has 1 saturated heterocycles. The van der Waals surface area contributed by atoms with Crippen molar-refractivity contribution in [1.29, 1.82) is 0 Å². The topological polar surface area (TPSA) is 74.2 Å². The Morgan fingerprint density at radius 2 is 2.26 bits per heavy atom. The molecule has 2 rings (SSSR count). The van der Waals surface area contributed by atoms with E-state index in [0.29, 0.717) is 36.9 Å². The van der Waals surface area contributed by atoms with Crippen molar-refractivity contribution in [2.45, 2.75) is 18.9 Å². The minimum Gasteiger partial charge on any atom is -0.491 e. The summed E-state index contributed by atoms with van der Waals surface area (Å²) in [6.07, 6.45) is 4.69. The minimum atomic E-state index is -1.00. The molecule has 6 nitrogen and oxygen atoms in total. The van der Waals surface area contributed by atoms with Gasteiger partial charge in [0.2, 0.25) is 0 Å². The Balaban J connectivity index is 2.07. The smallest absolute Gasteiger partial charge is 0.328 e. The third-order valence-corrected chi connectivity index (χ3v) is 3.40. The maximum absolute atomic E-state index is 10.7. The van der Waals surface area contributed by atoms with Crippen molar-refractivity contribution in [3.8, 4) is 11.5 Å². The van der Waals surface area contributed by atoms with E-state index in [1.807, 2.05) is 0 Å². The number of methoxy groups -OCH3 is 1. The fourth-order valence-electron chi connectivity index (χ4n) is 2.23. The molecule has 23 heavy (non-hydrogen) atoms. The van der Waals surface area contributed by atoms with Gasteiger partial charge in [-0.15, -0.1) is 0 Å². The van der Waals surface area contributed by atoms with Crippen LogP contribution in [0.15, 0.2) is 24.3 Å². The highest BCUT2D eigenvalue weighted by atomic mass is 16.5. The lowest BCUT2D eigenvalue weighted by Gasteiger charge is -2.15. The summed E-state index contributed by atoms with van der Waals surface area (Å²) in [5.74, 6) is 0.222. The summed E-state index contributed by atoms with van der Waals surface area (Å²) in [6, 6.07) is 5.30. The van der Waals surface area contributed by atoms with Gasteiger partial charge in [0, 0.05) is 31.4 Å². The molecule has 0 amide bonds. The molecule has 1 aliphatic heterocycles. The molecule has 0 aliphatic carbocycles. The van der Waals surface area contributed by atoms with Gasteiger partial charge in [-0.3, -0.25) is 0 Å². The first-order chi connectivity index (χ1) is 11.2. The molecule has 0 radical (unpaired) electrons. The molecule has 1 heterocycles. The number of carboxylic acids is 1. The van der Waals surface area contributed by atoms with Gasteiger partial charge in [-0.25, -0.2) is 4.79 Å². The average molecular weight is 322 g/mol. The predicted octanol–water partition coefficient (Wildman–Crippen LogP) is 2.37. The fourth-order valence-corrected chi connectivity index (χ4v) is 2.23. The number of benzene rings is 1. The van der Waals surface area contributed by atoms with E-state index >= 15 is 0 Å². The second kappa shape index (κ2) is 9.17. The van der Waals surface area contributed by atoms with E-state index in [-0.39, 0.29) is 6.10 Å². The summed E-state index contributed by atoms with van der Waals surface area (Å²) < 4.78 is 21.9. The molecule has 0 aromatic heterocycles. The van der Waals surface area contributed by atoms with Crippen molar-refractivity contribution in [2.75, 3.05) is 33.5 Å². The van der Waals surface area contributed by atoms with Gasteiger partial charge in [0.25, 0.3) is 0 Å². The van der Waals surface area contributed by atoms with Gasteiger partial charge >= 0.3 is 5.97 Å². The van der Waals surface area contributed by atoms with E-state index in [4.69, 9.17) is 24.1 Å². The summed E-state index contributed by atoms with van der Waals surface area (Å²) in [6.45, 7) is 2.13. The van der Waals surface area contributed by atoms with Crippen molar-refractivity contribution in [1.82, 2.24) is 0 Å². The van der Waals surface area contributed by atoms with E-state index in [9.17, 15) is 4.79 Å². The van der Waals surface area contributed by atoms with Crippen LogP contribution in [0.25, 0.3) is 6.08 Å². The standard InChI is InChI=1S/C17H22O6/c1-20-9-10-22-14-6-4-13(5-7-17(18)19)16(11-14)23-12-15-3-2-8-21-15/h4-7,11,15H,2-3,8-10,12H2,1H3,(H,18,19). The Bertz CT molecular complexity index is 534. The highest BCUT2D eigenvalue weighted by Gasteiger charge is 2.17. The number of ether oxygens (including phenoxy) is 4. The molecule has 0 saturated carbocycles. The molecule has 1 fully saturated rings. The van der Waals surface area contributed by atoms with Crippen LogP contribution >= 0.6 is 0 Å². The van der Waals surface area contributed by atoms with Gasteiger partial charge in [0.05, 0.1) is 12.7 Å². The minimum absolute atomic E-state index is 0.0874. The zero-order chi connectivity index (χ0) is 16.5. The normalized spacial score (nSPS) is 17.5. The zero-order valence-corrected chi connectivity index (χ0v) is 13.2. The maximum atomic E-state index is 10.7. The van der Waals surface area contributed by atoms with E-state index in [1.54, 1.807) is 25.3 Å². The molecule has 1 atom stereocenters. The molecule has 1 aliphatic rings. The number of carboxylic acid groups (broad SMARTS) is 1. The van der Waals surface area contributed by atoms with E-state index < -0.39 is 5.97 Å². The highest BCUT2D eigenvalue weighted by Crippen LogP contribution is 2.27. The van der Waals surface area contributed by atoms with Crippen LogP contribution in [0.5, 0.6) is 11.5 Å². The first-order valence-corrected chi connectivity index (χ1v) is 7.60. The molecule has 1 N–H and O–H groups in total. The SMILES string of the molecule is COCCOc1ccc(C=CC(=O)O)c(OCC2CCCO2)c1. The van der Waals surface area contributed by atoms with Crippen molar-refractivity contribution in [3.05, 3.63) is 29.8 Å². The number of carbonyl (C=O) groups is 1. The lowest BCUT2D eigenvalue weighted by molar-refractivity contribution is -0.131. The first kappa shape index (κ1) is 17.3. The number of hydrogen-bond donors (Lipinski definition) is 1. The Morgan fingerprint density at radius 1 is 1.39 bits per heavy atom. The van der Waals surface area contributed by atoms with Crippen molar-refractivity contribution in [3.63, 3.8) is 0 Å². The highest BCUT2D eigenvalue weighted by molar-refractivity contribution is 5.86. The lowest BCUT2D eigenvalue weighted by Crippen LogP contribution is -2.16. The van der Waals surface area contributed by atoms with Gasteiger partial charge < -0.3 is 24.1 Å². The maximum Gasteiger partial charge on any atom is 0.328 e. The van der Waals surface area contributed by atoms with Crippen molar-refractivity contribution in [2.24, 2.45) is 0 Å². The van der Waals surface area contributed by atoms with Gasteiger partial charge in [-0.2, -0.15) is 0 Å². The molecule has 1 aromatic carbocycles. The molecule has 6 heteroatoms. The average Bonchev–Trinajstić information content (AvgIpc) is 3.05. The summed E-state index contributed by atoms with van der Waals surface area (Å²) in [4.78, 5) is 10.7. The largest absolute Gasteiger partial charge is 0.491 e. The van der Waals surface area contributed by atoms with Crippen LogP contribution in [0.4, 0.5) is 0 Å². The second-order valence-electron chi connectivity index (χ2n) is 5.16. The fraction of sp³-hybridized carbons (Fsp3) is 0.471. The second-order valence-corrected chi connectivity index (χ2v) is 5.16. The molecule has 0 spiro atoms. The molecule has 1 aromatic rings. The van der Waals surface area contributed by atoms with Gasteiger partial charge in [0.15, 0.2) is 0 Å². The number of hydrogen-bond acceptors (Lipinski definition) is 5. The quantitative estimate of drug-likeness (QED) is 0.556. The van der Waals surface area contributed by atoms with Crippen molar-refractivity contribution < 1.29 is 28.8 Å². The number of aliphatic carboxylic acids is 1. The molecule has 0 bridgehead atoms. The third-order valence-electron chi connectivity index (χ3n) is 3.40. The molecule has 1 unspecified atom stereocenters. The predicted molar refractivity (Wildman–Crippen MR) is 85.0 cm³/mol. The van der Waals surface area contributed by atoms with Crippen LogP contribution < -0.4 is 9.47 Å². The van der Waals surface area contributed by atoms with Crippen molar-refractivity contribution >= 4 is 12.0 Å². The first-order valence-electron chi connectivity index (χ1n) is 7.60. The Hall–Kier alpha value is -2.05. The summed E-state index contributed by atoms with van der Waals surface area (Å²) >= 11 is 0. The monoisotopic (exact) mass is 322 g/mol. The van der Waals surface area contributed by atoms with Crippen LogP contribution in [0, 0.1) is 0 Å². The molecule has 126 valence electrons.